The molecule has 1 atom stereocenters. The van der Waals surface area contributed by atoms with Gasteiger partial charge in [-0.2, -0.15) is 0 Å². The van der Waals surface area contributed by atoms with Gasteiger partial charge in [-0.15, -0.1) is 0 Å². The first kappa shape index (κ1) is 13.8. The van der Waals surface area contributed by atoms with E-state index in [2.05, 4.69) is 0 Å². The Bertz CT molecular complexity index is 486. The zero-order valence-corrected chi connectivity index (χ0v) is 10.7. The van der Waals surface area contributed by atoms with Crippen LogP contribution in [0.5, 0.6) is 5.75 Å². The van der Waals surface area contributed by atoms with Crippen LogP contribution in [-0.4, -0.2) is 23.6 Å². The van der Waals surface area contributed by atoms with Gasteiger partial charge in [0.2, 0.25) is 5.92 Å². The average molecular weight is 270 g/mol. The lowest BCUT2D eigenvalue weighted by Gasteiger charge is -2.13. The van der Waals surface area contributed by atoms with E-state index in [0.29, 0.717) is 17.7 Å². The van der Waals surface area contributed by atoms with Gasteiger partial charge in [0, 0.05) is 12.8 Å². The maximum absolute atomic E-state index is 13.0. The maximum Gasteiger partial charge on any atom is 0.335 e. The Balaban J connectivity index is 1.94. The van der Waals surface area contributed by atoms with Crippen molar-refractivity contribution < 1.29 is 23.4 Å². The topological polar surface area (TPSA) is 46.5 Å². The molecule has 1 aromatic rings. The van der Waals surface area contributed by atoms with E-state index in [-0.39, 0.29) is 30.9 Å². The van der Waals surface area contributed by atoms with E-state index in [0.717, 1.165) is 0 Å². The number of carboxylic acid groups (broad SMARTS) is 1. The van der Waals surface area contributed by atoms with Crippen molar-refractivity contribution in [2.45, 2.75) is 32.1 Å². The Kier molecular flexibility index (Phi) is 3.73. The summed E-state index contributed by atoms with van der Waals surface area (Å²) in [4.78, 5) is 10.8. The van der Waals surface area contributed by atoms with Crippen molar-refractivity contribution in [1.82, 2.24) is 0 Å². The number of halogens is 2. The van der Waals surface area contributed by atoms with Crippen molar-refractivity contribution in [2.75, 3.05) is 6.61 Å². The summed E-state index contributed by atoms with van der Waals surface area (Å²) in [5.74, 6) is -3.15. The molecule has 2 rings (SSSR count). The highest BCUT2D eigenvalue weighted by molar-refractivity contribution is 5.89. The van der Waals surface area contributed by atoms with Gasteiger partial charge in [-0.3, -0.25) is 0 Å². The molecule has 1 aromatic carbocycles. The van der Waals surface area contributed by atoms with Gasteiger partial charge in [-0.25, -0.2) is 13.6 Å². The first-order valence-corrected chi connectivity index (χ1v) is 6.22. The van der Waals surface area contributed by atoms with E-state index >= 15 is 0 Å². The third-order valence-electron chi connectivity index (χ3n) is 3.42. The first-order chi connectivity index (χ1) is 8.87. The van der Waals surface area contributed by atoms with E-state index in [1.807, 2.05) is 0 Å². The SMILES string of the molecule is Cc1cc(OCC2CCC(F)(F)C2)ccc1C(=O)O. The third-order valence-corrected chi connectivity index (χ3v) is 3.42. The smallest absolute Gasteiger partial charge is 0.335 e. The molecule has 1 N–H and O–H groups in total. The maximum atomic E-state index is 13.0. The molecule has 1 unspecified atom stereocenters. The number of hydrogen-bond acceptors (Lipinski definition) is 2. The largest absolute Gasteiger partial charge is 0.493 e. The van der Waals surface area contributed by atoms with Crippen molar-refractivity contribution in [3.63, 3.8) is 0 Å². The van der Waals surface area contributed by atoms with Crippen molar-refractivity contribution >= 4 is 5.97 Å². The molecule has 3 nitrogen and oxygen atoms in total. The van der Waals surface area contributed by atoms with Gasteiger partial charge in [-0.1, -0.05) is 0 Å². The molecule has 0 aliphatic heterocycles. The van der Waals surface area contributed by atoms with Crippen molar-refractivity contribution in [2.24, 2.45) is 5.92 Å². The fourth-order valence-electron chi connectivity index (χ4n) is 2.36. The van der Waals surface area contributed by atoms with Crippen LogP contribution in [0, 0.1) is 12.8 Å². The second-order valence-electron chi connectivity index (χ2n) is 5.06. The van der Waals surface area contributed by atoms with Crippen LogP contribution in [0.4, 0.5) is 8.78 Å². The van der Waals surface area contributed by atoms with Crippen LogP contribution >= 0.6 is 0 Å². The molecule has 0 saturated heterocycles. The monoisotopic (exact) mass is 270 g/mol. The third kappa shape index (κ3) is 3.43. The fourth-order valence-corrected chi connectivity index (χ4v) is 2.36. The lowest BCUT2D eigenvalue weighted by molar-refractivity contribution is 0.00290. The average Bonchev–Trinajstić information content (AvgIpc) is 2.66. The zero-order chi connectivity index (χ0) is 14.0. The molecule has 1 fully saturated rings. The van der Waals surface area contributed by atoms with Crippen LogP contribution in [0.3, 0.4) is 0 Å². The zero-order valence-electron chi connectivity index (χ0n) is 10.7. The predicted octanol–water partition coefficient (Wildman–Crippen LogP) is 3.51. The number of rotatable bonds is 4. The summed E-state index contributed by atoms with van der Waals surface area (Å²) < 4.78 is 31.5. The van der Waals surface area contributed by atoms with Crippen LogP contribution in [0.1, 0.15) is 35.2 Å². The van der Waals surface area contributed by atoms with Gasteiger partial charge in [0.25, 0.3) is 0 Å². The number of alkyl halides is 2. The van der Waals surface area contributed by atoms with Gasteiger partial charge in [-0.05, 0) is 43.0 Å². The van der Waals surface area contributed by atoms with Crippen LogP contribution in [0.2, 0.25) is 0 Å². The number of ether oxygens (including phenoxy) is 1. The minimum atomic E-state index is -2.56. The predicted molar refractivity (Wildman–Crippen MR) is 65.9 cm³/mol. The molecule has 1 saturated carbocycles. The molecule has 1 aliphatic carbocycles. The quantitative estimate of drug-likeness (QED) is 0.910. The standard InChI is InChI=1S/C14H16F2O3/c1-9-6-11(2-3-12(9)13(17)18)19-8-10-4-5-14(15,16)7-10/h2-3,6,10H,4-5,7-8H2,1H3,(H,17,18). The number of benzene rings is 1. The van der Waals surface area contributed by atoms with Gasteiger partial charge in [0.05, 0.1) is 12.2 Å². The number of aryl methyl sites for hydroxylation is 1. The van der Waals surface area contributed by atoms with Crippen LogP contribution < -0.4 is 4.74 Å². The van der Waals surface area contributed by atoms with Crippen LogP contribution in [-0.2, 0) is 0 Å². The minimum absolute atomic E-state index is 0.0714. The summed E-state index contributed by atoms with van der Waals surface area (Å²) in [6.07, 6.45) is 0.274. The van der Waals surface area contributed by atoms with E-state index in [9.17, 15) is 13.6 Å². The molecule has 1 aliphatic rings. The van der Waals surface area contributed by atoms with Crippen molar-refractivity contribution in [1.29, 1.82) is 0 Å². The van der Waals surface area contributed by atoms with Crippen LogP contribution in [0.25, 0.3) is 0 Å². The summed E-state index contributed by atoms with van der Waals surface area (Å²) >= 11 is 0. The Morgan fingerprint density at radius 3 is 2.79 bits per heavy atom. The summed E-state index contributed by atoms with van der Waals surface area (Å²) in [7, 11) is 0. The molecule has 0 amide bonds. The van der Waals surface area contributed by atoms with Gasteiger partial charge in [0.1, 0.15) is 5.75 Å². The van der Waals surface area contributed by atoms with E-state index in [1.54, 1.807) is 19.1 Å². The van der Waals surface area contributed by atoms with E-state index in [4.69, 9.17) is 9.84 Å². The summed E-state index contributed by atoms with van der Waals surface area (Å²) in [6, 6.07) is 4.65. The molecule has 19 heavy (non-hydrogen) atoms. The Morgan fingerprint density at radius 2 is 2.26 bits per heavy atom. The van der Waals surface area contributed by atoms with Crippen molar-refractivity contribution in [3.8, 4) is 5.75 Å². The molecule has 0 spiro atoms. The Labute approximate surface area is 110 Å². The molecular weight excluding hydrogens is 254 g/mol. The van der Waals surface area contributed by atoms with E-state index in [1.165, 1.54) is 6.07 Å². The minimum Gasteiger partial charge on any atom is -0.493 e. The van der Waals surface area contributed by atoms with Gasteiger partial charge >= 0.3 is 5.97 Å². The molecular formula is C14H16F2O3. The lowest BCUT2D eigenvalue weighted by atomic mass is 10.1. The van der Waals surface area contributed by atoms with E-state index < -0.39 is 11.9 Å². The molecule has 0 radical (unpaired) electrons. The highest BCUT2D eigenvalue weighted by Gasteiger charge is 2.39. The second-order valence-corrected chi connectivity index (χ2v) is 5.06. The molecule has 0 aromatic heterocycles. The highest BCUT2D eigenvalue weighted by Crippen LogP contribution is 2.38. The number of aromatic carboxylic acids is 1. The second kappa shape index (κ2) is 5.15. The Morgan fingerprint density at radius 1 is 1.53 bits per heavy atom. The van der Waals surface area contributed by atoms with Gasteiger partial charge < -0.3 is 9.84 Å². The summed E-state index contributed by atoms with van der Waals surface area (Å²) in [6.45, 7) is 1.93. The molecule has 104 valence electrons. The number of carbonyl (C=O) groups is 1. The molecule has 0 bridgehead atoms. The first-order valence-electron chi connectivity index (χ1n) is 6.22. The fraction of sp³-hybridized carbons (Fsp3) is 0.500. The number of carboxylic acids is 1. The molecule has 5 heteroatoms. The Hall–Kier alpha value is -1.65. The summed E-state index contributed by atoms with van der Waals surface area (Å²) in [5, 5.41) is 8.89. The van der Waals surface area contributed by atoms with Crippen LogP contribution in [0.15, 0.2) is 18.2 Å². The number of hydrogen-bond donors (Lipinski definition) is 1. The van der Waals surface area contributed by atoms with Crippen molar-refractivity contribution in [3.05, 3.63) is 29.3 Å². The normalized spacial score (nSPS) is 21.3. The molecule has 0 heterocycles. The van der Waals surface area contributed by atoms with Gasteiger partial charge in [0.15, 0.2) is 0 Å². The lowest BCUT2D eigenvalue weighted by Crippen LogP contribution is -2.14. The highest BCUT2D eigenvalue weighted by atomic mass is 19.3. The summed E-state index contributed by atoms with van der Waals surface area (Å²) in [5.41, 5.74) is 0.821.